The molecule has 0 bridgehead atoms. The highest BCUT2D eigenvalue weighted by molar-refractivity contribution is 6.34. The lowest BCUT2D eigenvalue weighted by molar-refractivity contribution is -0.383. The van der Waals surface area contributed by atoms with Gasteiger partial charge < -0.3 is 10.4 Å². The van der Waals surface area contributed by atoms with Crippen molar-refractivity contribution >= 4 is 45.3 Å². The van der Waals surface area contributed by atoms with Crippen LogP contribution in [-0.4, -0.2) is 21.6 Å². The zero-order valence-electron chi connectivity index (χ0n) is 12.8. The van der Waals surface area contributed by atoms with Crippen LogP contribution >= 0.6 is 23.2 Å². The van der Waals surface area contributed by atoms with Gasteiger partial charge in [-0.2, -0.15) is 0 Å². The van der Waals surface area contributed by atoms with Gasteiger partial charge in [0.15, 0.2) is 0 Å². The second kappa shape index (κ2) is 7.23. The lowest BCUT2D eigenvalue weighted by Gasteiger charge is -2.15. The van der Waals surface area contributed by atoms with E-state index in [9.17, 15) is 15.2 Å². The fourth-order valence-electron chi connectivity index (χ4n) is 2.58. The number of aliphatic hydroxyl groups is 1. The Morgan fingerprint density at radius 1 is 1.16 bits per heavy atom. The summed E-state index contributed by atoms with van der Waals surface area (Å²) in [6.45, 7) is 0.186. The summed E-state index contributed by atoms with van der Waals surface area (Å²) in [5, 5.41) is 26.5. The first-order chi connectivity index (χ1) is 12.0. The first-order valence-electron chi connectivity index (χ1n) is 7.35. The number of nitro benzene ring substituents is 1. The van der Waals surface area contributed by atoms with Gasteiger partial charge in [-0.1, -0.05) is 23.2 Å². The largest absolute Gasteiger partial charge is 0.387 e. The topological polar surface area (TPSA) is 88.3 Å². The summed E-state index contributed by atoms with van der Waals surface area (Å²) in [7, 11) is 0. The van der Waals surface area contributed by atoms with E-state index in [1.165, 1.54) is 12.3 Å². The number of pyridine rings is 1. The Morgan fingerprint density at radius 2 is 1.88 bits per heavy atom. The van der Waals surface area contributed by atoms with Gasteiger partial charge in [-0.05, 0) is 35.9 Å². The first kappa shape index (κ1) is 17.4. The summed E-state index contributed by atoms with van der Waals surface area (Å²) in [4.78, 5) is 14.6. The van der Waals surface area contributed by atoms with Crippen molar-refractivity contribution in [1.29, 1.82) is 0 Å². The molecule has 25 heavy (non-hydrogen) atoms. The molecule has 0 aliphatic carbocycles. The van der Waals surface area contributed by atoms with E-state index in [1.807, 2.05) is 0 Å². The fraction of sp³-hybridized carbons (Fsp3) is 0.118. The van der Waals surface area contributed by atoms with Gasteiger partial charge in [-0.25, -0.2) is 0 Å². The third-order valence-corrected chi connectivity index (χ3v) is 4.18. The van der Waals surface area contributed by atoms with Gasteiger partial charge in [-0.15, -0.1) is 0 Å². The maximum atomic E-state index is 11.1. The molecule has 0 amide bonds. The quantitative estimate of drug-likeness (QED) is 0.501. The Balaban J connectivity index is 1.86. The summed E-state index contributed by atoms with van der Waals surface area (Å²) in [6.07, 6.45) is 2.17. The normalized spacial score (nSPS) is 12.1. The lowest BCUT2D eigenvalue weighted by atomic mass is 10.1. The molecule has 6 nitrogen and oxygen atoms in total. The van der Waals surface area contributed by atoms with Gasteiger partial charge in [0.1, 0.15) is 0 Å². The molecule has 1 unspecified atom stereocenters. The third kappa shape index (κ3) is 3.82. The molecule has 0 aliphatic rings. The SMILES string of the molecule is O=[N+]([O-])c1ccc(NCC(O)c2cc(Cl)cc(Cl)c2)c2ccncc12. The number of rotatable bonds is 5. The number of nitrogens with zero attached hydrogens (tertiary/aromatic N) is 2. The maximum absolute atomic E-state index is 11.1. The molecule has 1 atom stereocenters. The summed E-state index contributed by atoms with van der Waals surface area (Å²) in [6, 6.07) is 9.57. The highest BCUT2D eigenvalue weighted by Crippen LogP contribution is 2.31. The van der Waals surface area contributed by atoms with Crippen LogP contribution in [0.25, 0.3) is 10.8 Å². The zero-order valence-corrected chi connectivity index (χ0v) is 14.3. The average molecular weight is 378 g/mol. The van der Waals surface area contributed by atoms with Crippen LogP contribution < -0.4 is 5.32 Å². The van der Waals surface area contributed by atoms with E-state index >= 15 is 0 Å². The molecular weight excluding hydrogens is 365 g/mol. The Bertz CT molecular complexity index is 929. The van der Waals surface area contributed by atoms with Crippen molar-refractivity contribution in [3.8, 4) is 0 Å². The number of halogens is 2. The van der Waals surface area contributed by atoms with Crippen molar-refractivity contribution < 1.29 is 10.0 Å². The Labute approximate surface area is 153 Å². The van der Waals surface area contributed by atoms with E-state index in [0.717, 1.165) is 0 Å². The summed E-state index contributed by atoms with van der Waals surface area (Å²) in [5.74, 6) is 0. The maximum Gasteiger partial charge on any atom is 0.278 e. The van der Waals surface area contributed by atoms with Crippen molar-refractivity contribution in [3.05, 3.63) is 74.5 Å². The van der Waals surface area contributed by atoms with Gasteiger partial charge in [0.2, 0.25) is 0 Å². The monoisotopic (exact) mass is 377 g/mol. The van der Waals surface area contributed by atoms with E-state index < -0.39 is 11.0 Å². The number of non-ortho nitro benzene ring substituents is 1. The number of fused-ring (bicyclic) bond motifs is 1. The van der Waals surface area contributed by atoms with Crippen LogP contribution in [0.1, 0.15) is 11.7 Å². The molecule has 1 aromatic heterocycles. The molecular formula is C17H13Cl2N3O3. The molecule has 0 radical (unpaired) electrons. The number of hydrogen-bond donors (Lipinski definition) is 2. The number of anilines is 1. The minimum atomic E-state index is -0.844. The Morgan fingerprint density at radius 3 is 2.56 bits per heavy atom. The summed E-state index contributed by atoms with van der Waals surface area (Å²) < 4.78 is 0. The van der Waals surface area contributed by atoms with E-state index in [2.05, 4.69) is 10.3 Å². The molecule has 0 aliphatic heterocycles. The molecule has 0 saturated carbocycles. The van der Waals surface area contributed by atoms with Gasteiger partial charge >= 0.3 is 0 Å². The minimum Gasteiger partial charge on any atom is -0.387 e. The van der Waals surface area contributed by atoms with Gasteiger partial charge in [-0.3, -0.25) is 15.1 Å². The van der Waals surface area contributed by atoms with Crippen LogP contribution in [0.4, 0.5) is 11.4 Å². The molecule has 0 spiro atoms. The number of nitrogens with one attached hydrogen (secondary N) is 1. The molecule has 0 fully saturated rings. The molecule has 3 aromatic rings. The third-order valence-electron chi connectivity index (χ3n) is 3.75. The van der Waals surface area contributed by atoms with Gasteiger partial charge in [0, 0.05) is 46.1 Å². The van der Waals surface area contributed by atoms with E-state index in [4.69, 9.17) is 23.2 Å². The predicted molar refractivity (Wildman–Crippen MR) is 98.3 cm³/mol. The van der Waals surface area contributed by atoms with Crippen LogP contribution in [0.3, 0.4) is 0 Å². The standard InChI is InChI=1S/C17H13Cl2N3O3/c18-11-5-10(6-12(19)7-11)17(23)9-21-15-1-2-16(22(24)25)14-8-20-4-3-13(14)15/h1-8,17,21,23H,9H2. The molecule has 2 aromatic carbocycles. The first-order valence-corrected chi connectivity index (χ1v) is 8.10. The smallest absolute Gasteiger partial charge is 0.278 e. The van der Waals surface area contributed by atoms with Crippen LogP contribution in [0.5, 0.6) is 0 Å². The second-order valence-electron chi connectivity index (χ2n) is 5.41. The van der Waals surface area contributed by atoms with E-state index in [1.54, 1.807) is 36.5 Å². The second-order valence-corrected chi connectivity index (χ2v) is 6.28. The Hall–Kier alpha value is -2.41. The number of benzene rings is 2. The van der Waals surface area contributed by atoms with E-state index in [-0.39, 0.29) is 12.2 Å². The molecule has 2 N–H and O–H groups in total. The molecule has 1 heterocycles. The number of nitro groups is 1. The molecule has 8 heteroatoms. The Kier molecular flexibility index (Phi) is 5.03. The van der Waals surface area contributed by atoms with Crippen LogP contribution in [0, 0.1) is 10.1 Å². The highest BCUT2D eigenvalue weighted by atomic mass is 35.5. The van der Waals surface area contributed by atoms with Crippen molar-refractivity contribution in [2.24, 2.45) is 0 Å². The summed E-state index contributed by atoms with van der Waals surface area (Å²) >= 11 is 11.9. The summed E-state index contributed by atoms with van der Waals surface area (Å²) in [5.41, 5.74) is 1.23. The molecule has 128 valence electrons. The lowest BCUT2D eigenvalue weighted by Crippen LogP contribution is -2.12. The van der Waals surface area contributed by atoms with Crippen molar-refractivity contribution in [1.82, 2.24) is 4.98 Å². The number of aliphatic hydroxyl groups excluding tert-OH is 1. The highest BCUT2D eigenvalue weighted by Gasteiger charge is 2.15. The van der Waals surface area contributed by atoms with Crippen molar-refractivity contribution in [2.75, 3.05) is 11.9 Å². The molecule has 0 saturated heterocycles. The predicted octanol–water partition coefficient (Wildman–Crippen LogP) is 4.60. The van der Waals surface area contributed by atoms with Crippen molar-refractivity contribution in [3.63, 3.8) is 0 Å². The zero-order chi connectivity index (χ0) is 18.0. The van der Waals surface area contributed by atoms with Crippen LogP contribution in [-0.2, 0) is 0 Å². The van der Waals surface area contributed by atoms with Crippen molar-refractivity contribution in [2.45, 2.75) is 6.10 Å². The number of aromatic nitrogens is 1. The number of hydrogen-bond acceptors (Lipinski definition) is 5. The van der Waals surface area contributed by atoms with Gasteiger partial charge in [0.05, 0.1) is 16.4 Å². The molecule has 3 rings (SSSR count). The fourth-order valence-corrected chi connectivity index (χ4v) is 3.12. The van der Waals surface area contributed by atoms with Gasteiger partial charge in [0.25, 0.3) is 5.69 Å². The van der Waals surface area contributed by atoms with Crippen LogP contribution in [0.15, 0.2) is 48.8 Å². The minimum absolute atomic E-state index is 0.0178. The van der Waals surface area contributed by atoms with Crippen LogP contribution in [0.2, 0.25) is 10.0 Å². The average Bonchev–Trinajstić information content (AvgIpc) is 2.58. The van der Waals surface area contributed by atoms with E-state index in [0.29, 0.717) is 32.1 Å².